The highest BCUT2D eigenvalue weighted by atomic mass is 32.2. The van der Waals surface area contributed by atoms with Crippen LogP contribution in [0.4, 0.5) is 0 Å². The average molecular weight is 328 g/mol. The van der Waals surface area contributed by atoms with Crippen LogP contribution in [0.15, 0.2) is 11.4 Å². The summed E-state index contributed by atoms with van der Waals surface area (Å²) in [6.07, 6.45) is 5.25. The number of nitrogens with zero attached hydrogens (tertiary/aromatic N) is 2. The highest BCUT2D eigenvalue weighted by Crippen LogP contribution is 2.23. The van der Waals surface area contributed by atoms with Crippen LogP contribution in [0.25, 0.3) is 0 Å². The first-order valence-corrected chi connectivity index (χ1v) is 8.78. The van der Waals surface area contributed by atoms with Crippen molar-refractivity contribution in [1.82, 2.24) is 9.55 Å². The van der Waals surface area contributed by atoms with Crippen LogP contribution in [-0.2, 0) is 27.4 Å². The minimum atomic E-state index is -0.151. The van der Waals surface area contributed by atoms with Crippen molar-refractivity contribution in [2.75, 3.05) is 19.0 Å². The van der Waals surface area contributed by atoms with Gasteiger partial charge in [0, 0.05) is 18.8 Å². The molecule has 0 aliphatic carbocycles. The quantitative estimate of drug-likeness (QED) is 0.424. The Morgan fingerprint density at radius 2 is 2.50 bits per heavy atom. The molecule has 0 saturated carbocycles. The fraction of sp³-hybridized carbons (Fsp3) is 0.733. The lowest BCUT2D eigenvalue weighted by atomic mass is 10.2. The normalized spacial score (nSPS) is 17.8. The van der Waals surface area contributed by atoms with Gasteiger partial charge in [0.05, 0.1) is 37.8 Å². The number of esters is 1. The molecule has 1 fully saturated rings. The standard InChI is InChI=1S/C15H24N2O4S/c1-2-20-14(19)6-4-8-22-15-16-9-12(11-18)17(15)10-13-5-3-7-21-13/h9,13,18H,2-8,10-11H2,1H3/t13-/m0/s1. The molecule has 2 heterocycles. The molecule has 0 unspecified atom stereocenters. The summed E-state index contributed by atoms with van der Waals surface area (Å²) in [4.78, 5) is 15.7. The molecule has 6 nitrogen and oxygen atoms in total. The van der Waals surface area contributed by atoms with Gasteiger partial charge in [-0.1, -0.05) is 11.8 Å². The number of aromatic nitrogens is 2. The number of hydrogen-bond donors (Lipinski definition) is 1. The zero-order valence-electron chi connectivity index (χ0n) is 13.0. The zero-order valence-corrected chi connectivity index (χ0v) is 13.8. The van der Waals surface area contributed by atoms with Gasteiger partial charge in [0.2, 0.25) is 0 Å². The van der Waals surface area contributed by atoms with Crippen molar-refractivity contribution in [3.8, 4) is 0 Å². The Morgan fingerprint density at radius 3 is 3.18 bits per heavy atom. The van der Waals surface area contributed by atoms with Gasteiger partial charge in [-0.2, -0.15) is 0 Å². The average Bonchev–Trinajstić information content (AvgIpc) is 3.14. The van der Waals surface area contributed by atoms with Crippen LogP contribution in [0.5, 0.6) is 0 Å². The predicted octanol–water partition coefficient (Wildman–Crippen LogP) is 1.99. The summed E-state index contributed by atoms with van der Waals surface area (Å²) in [5.41, 5.74) is 0.809. The van der Waals surface area contributed by atoms with Crippen LogP contribution in [0.1, 0.15) is 38.3 Å². The van der Waals surface area contributed by atoms with Crippen molar-refractivity contribution < 1.29 is 19.4 Å². The predicted molar refractivity (Wildman–Crippen MR) is 83.7 cm³/mol. The van der Waals surface area contributed by atoms with E-state index in [-0.39, 0.29) is 18.7 Å². The number of carbonyl (C=O) groups is 1. The summed E-state index contributed by atoms with van der Waals surface area (Å²) in [6, 6.07) is 0. The molecule has 0 aromatic carbocycles. The van der Waals surface area contributed by atoms with Gasteiger partial charge >= 0.3 is 5.97 Å². The third-order valence-electron chi connectivity index (χ3n) is 3.54. The Kier molecular flexibility index (Phi) is 7.21. The van der Waals surface area contributed by atoms with Crippen molar-refractivity contribution >= 4 is 17.7 Å². The first kappa shape index (κ1) is 17.3. The number of aliphatic hydroxyl groups excluding tert-OH is 1. The van der Waals surface area contributed by atoms with E-state index in [9.17, 15) is 9.90 Å². The first-order chi connectivity index (χ1) is 10.7. The third kappa shape index (κ3) is 5.00. The molecule has 0 bridgehead atoms. The van der Waals surface area contributed by atoms with Crippen molar-refractivity contribution in [3.63, 3.8) is 0 Å². The molecule has 0 spiro atoms. The molecular weight excluding hydrogens is 304 g/mol. The fourth-order valence-corrected chi connectivity index (χ4v) is 3.38. The SMILES string of the molecule is CCOC(=O)CCCSc1ncc(CO)n1C[C@@H]1CCCO1. The largest absolute Gasteiger partial charge is 0.466 e. The maximum atomic E-state index is 11.3. The minimum Gasteiger partial charge on any atom is -0.466 e. The Morgan fingerprint density at radius 1 is 1.64 bits per heavy atom. The second kappa shape index (κ2) is 9.17. The summed E-state index contributed by atoms with van der Waals surface area (Å²) in [5.74, 6) is 0.647. The number of imidazole rings is 1. The van der Waals surface area contributed by atoms with E-state index in [1.165, 1.54) is 0 Å². The summed E-state index contributed by atoms with van der Waals surface area (Å²) >= 11 is 1.60. The lowest BCUT2D eigenvalue weighted by Gasteiger charge is -2.15. The molecule has 1 aliphatic rings. The molecule has 0 radical (unpaired) electrons. The fourth-order valence-electron chi connectivity index (χ4n) is 2.43. The summed E-state index contributed by atoms with van der Waals surface area (Å²) in [5, 5.41) is 10.3. The van der Waals surface area contributed by atoms with Crippen molar-refractivity contribution in [1.29, 1.82) is 0 Å². The third-order valence-corrected chi connectivity index (χ3v) is 4.61. The molecule has 124 valence electrons. The van der Waals surface area contributed by atoms with Gasteiger partial charge in [0.15, 0.2) is 5.16 Å². The van der Waals surface area contributed by atoms with Gasteiger partial charge in [-0.3, -0.25) is 4.79 Å². The molecule has 2 rings (SSSR count). The molecular formula is C15H24N2O4S. The van der Waals surface area contributed by atoms with E-state index in [0.717, 1.165) is 49.0 Å². The van der Waals surface area contributed by atoms with E-state index in [1.54, 1.807) is 18.0 Å². The Hall–Kier alpha value is -1.05. The molecule has 22 heavy (non-hydrogen) atoms. The number of hydrogen-bond acceptors (Lipinski definition) is 6. The van der Waals surface area contributed by atoms with Crippen molar-refractivity contribution in [2.24, 2.45) is 0 Å². The van der Waals surface area contributed by atoms with Gasteiger partial charge in [-0.05, 0) is 26.2 Å². The van der Waals surface area contributed by atoms with Crippen molar-refractivity contribution in [3.05, 3.63) is 11.9 Å². The van der Waals surface area contributed by atoms with E-state index in [1.807, 2.05) is 11.5 Å². The summed E-state index contributed by atoms with van der Waals surface area (Å²) in [6.45, 7) is 3.76. The maximum absolute atomic E-state index is 11.3. The van der Waals surface area contributed by atoms with E-state index in [0.29, 0.717) is 13.0 Å². The van der Waals surface area contributed by atoms with Gasteiger partial charge in [0.25, 0.3) is 0 Å². The van der Waals surface area contributed by atoms with E-state index < -0.39 is 0 Å². The van der Waals surface area contributed by atoms with Crippen LogP contribution in [0, 0.1) is 0 Å². The minimum absolute atomic E-state index is 0.0247. The second-order valence-electron chi connectivity index (χ2n) is 5.19. The molecule has 1 N–H and O–H groups in total. The summed E-state index contributed by atoms with van der Waals surface area (Å²) in [7, 11) is 0. The van der Waals surface area contributed by atoms with Gasteiger partial charge < -0.3 is 19.1 Å². The maximum Gasteiger partial charge on any atom is 0.305 e. The number of aliphatic hydroxyl groups is 1. The lowest BCUT2D eigenvalue weighted by molar-refractivity contribution is -0.143. The van der Waals surface area contributed by atoms with Gasteiger partial charge in [-0.25, -0.2) is 4.98 Å². The molecule has 1 aromatic heterocycles. The van der Waals surface area contributed by atoms with Crippen LogP contribution in [-0.4, -0.2) is 45.7 Å². The van der Waals surface area contributed by atoms with Crippen LogP contribution in [0.2, 0.25) is 0 Å². The number of rotatable bonds is 9. The Labute approximate surface area is 135 Å². The monoisotopic (exact) mass is 328 g/mol. The van der Waals surface area contributed by atoms with Gasteiger partial charge in [0.1, 0.15) is 0 Å². The highest BCUT2D eigenvalue weighted by molar-refractivity contribution is 7.99. The van der Waals surface area contributed by atoms with E-state index in [2.05, 4.69) is 4.98 Å². The molecule has 1 atom stereocenters. The van der Waals surface area contributed by atoms with Crippen LogP contribution in [0.3, 0.4) is 0 Å². The molecule has 1 saturated heterocycles. The molecule has 1 aliphatic heterocycles. The number of thioether (sulfide) groups is 1. The second-order valence-corrected chi connectivity index (χ2v) is 6.25. The number of carbonyl (C=O) groups excluding carboxylic acids is 1. The van der Waals surface area contributed by atoms with E-state index >= 15 is 0 Å². The van der Waals surface area contributed by atoms with Crippen LogP contribution < -0.4 is 0 Å². The van der Waals surface area contributed by atoms with Crippen LogP contribution >= 0.6 is 11.8 Å². The molecule has 1 aromatic rings. The zero-order chi connectivity index (χ0) is 15.8. The van der Waals surface area contributed by atoms with Gasteiger partial charge in [-0.15, -0.1) is 0 Å². The summed E-state index contributed by atoms with van der Waals surface area (Å²) < 4.78 is 12.6. The topological polar surface area (TPSA) is 73.6 Å². The molecule has 7 heteroatoms. The first-order valence-electron chi connectivity index (χ1n) is 7.79. The molecule has 0 amide bonds. The Bertz CT molecular complexity index is 472. The van der Waals surface area contributed by atoms with E-state index in [4.69, 9.17) is 9.47 Å². The Balaban J connectivity index is 1.84. The van der Waals surface area contributed by atoms with Crippen molar-refractivity contribution in [2.45, 2.75) is 57.0 Å². The smallest absolute Gasteiger partial charge is 0.305 e. The highest BCUT2D eigenvalue weighted by Gasteiger charge is 2.19. The lowest BCUT2D eigenvalue weighted by Crippen LogP contribution is -2.17. The number of ether oxygens (including phenoxy) is 2.